The van der Waals surface area contributed by atoms with Crippen LogP contribution in [-0.4, -0.2) is 16.0 Å². The molecule has 0 spiro atoms. The molecule has 1 unspecified atom stereocenters. The first-order valence-corrected chi connectivity index (χ1v) is 5.90. The molecule has 0 aliphatic carbocycles. The molecule has 16 heavy (non-hydrogen) atoms. The SMILES string of the molecule is CC(C)c1cc2n(n1)C=CC(C(C)C)C=N2. The van der Waals surface area contributed by atoms with Crippen molar-refractivity contribution in [1.82, 2.24) is 9.78 Å². The van der Waals surface area contributed by atoms with Crippen LogP contribution in [0.15, 0.2) is 17.1 Å². The molecule has 0 radical (unpaired) electrons. The van der Waals surface area contributed by atoms with Crippen LogP contribution in [0.5, 0.6) is 0 Å². The van der Waals surface area contributed by atoms with Gasteiger partial charge in [-0.25, -0.2) is 9.67 Å². The lowest BCUT2D eigenvalue weighted by Gasteiger charge is -2.08. The Labute approximate surface area is 96.9 Å². The molecule has 1 aliphatic heterocycles. The van der Waals surface area contributed by atoms with Crippen molar-refractivity contribution in [1.29, 1.82) is 0 Å². The lowest BCUT2D eigenvalue weighted by atomic mass is 9.97. The molecule has 0 aromatic carbocycles. The molecule has 1 atom stereocenters. The molecular formula is C13H19N3. The standard InChI is InChI=1S/C13H19N3/c1-9(2)11-5-6-16-13(14-8-11)7-12(15-16)10(3)4/h5-11H,1-4H3. The van der Waals surface area contributed by atoms with Gasteiger partial charge in [0.25, 0.3) is 0 Å². The highest BCUT2D eigenvalue weighted by molar-refractivity contribution is 5.70. The Hall–Kier alpha value is -1.38. The fourth-order valence-electron chi connectivity index (χ4n) is 1.68. The second-order valence-corrected chi connectivity index (χ2v) is 4.97. The lowest BCUT2D eigenvalue weighted by molar-refractivity contribution is 0.586. The monoisotopic (exact) mass is 217 g/mol. The maximum atomic E-state index is 4.52. The second-order valence-electron chi connectivity index (χ2n) is 4.97. The number of aromatic nitrogens is 2. The summed E-state index contributed by atoms with van der Waals surface area (Å²) in [4.78, 5) is 4.51. The zero-order chi connectivity index (χ0) is 11.7. The van der Waals surface area contributed by atoms with Crippen LogP contribution in [0.2, 0.25) is 0 Å². The van der Waals surface area contributed by atoms with Gasteiger partial charge in [-0.15, -0.1) is 0 Å². The Morgan fingerprint density at radius 1 is 1.25 bits per heavy atom. The van der Waals surface area contributed by atoms with Crippen molar-refractivity contribution in [2.45, 2.75) is 33.6 Å². The second kappa shape index (κ2) is 4.24. The van der Waals surface area contributed by atoms with Crippen molar-refractivity contribution in [2.75, 3.05) is 0 Å². The minimum atomic E-state index is 0.407. The summed E-state index contributed by atoms with van der Waals surface area (Å²) in [7, 11) is 0. The van der Waals surface area contributed by atoms with E-state index in [0.29, 0.717) is 17.8 Å². The summed E-state index contributed by atoms with van der Waals surface area (Å²) >= 11 is 0. The van der Waals surface area contributed by atoms with E-state index in [1.54, 1.807) is 0 Å². The Morgan fingerprint density at radius 2 is 2.00 bits per heavy atom. The van der Waals surface area contributed by atoms with Gasteiger partial charge in [0.2, 0.25) is 0 Å². The average Bonchev–Trinajstić information content (AvgIpc) is 2.52. The van der Waals surface area contributed by atoms with Gasteiger partial charge in [0.1, 0.15) is 0 Å². The van der Waals surface area contributed by atoms with E-state index in [-0.39, 0.29) is 0 Å². The van der Waals surface area contributed by atoms with E-state index in [4.69, 9.17) is 0 Å². The van der Waals surface area contributed by atoms with Gasteiger partial charge < -0.3 is 0 Å². The van der Waals surface area contributed by atoms with Crippen molar-refractivity contribution in [2.24, 2.45) is 16.8 Å². The number of hydrogen-bond donors (Lipinski definition) is 0. The van der Waals surface area contributed by atoms with Crippen LogP contribution in [0.1, 0.15) is 39.3 Å². The molecule has 1 aliphatic rings. The van der Waals surface area contributed by atoms with Crippen LogP contribution in [-0.2, 0) is 0 Å². The van der Waals surface area contributed by atoms with Crippen LogP contribution < -0.4 is 0 Å². The molecule has 2 rings (SSSR count). The first-order valence-electron chi connectivity index (χ1n) is 5.90. The van der Waals surface area contributed by atoms with Crippen molar-refractivity contribution < 1.29 is 0 Å². The summed E-state index contributed by atoms with van der Waals surface area (Å²) in [5, 5.41) is 4.52. The normalized spacial score (nSPS) is 19.2. The smallest absolute Gasteiger partial charge is 0.154 e. The fraction of sp³-hybridized carbons (Fsp3) is 0.538. The topological polar surface area (TPSA) is 30.2 Å². The van der Waals surface area contributed by atoms with Crippen molar-refractivity contribution in [3.05, 3.63) is 17.8 Å². The molecule has 0 bridgehead atoms. The van der Waals surface area contributed by atoms with Gasteiger partial charge in [-0.3, -0.25) is 0 Å². The molecule has 0 fully saturated rings. The van der Waals surface area contributed by atoms with Gasteiger partial charge >= 0.3 is 0 Å². The third kappa shape index (κ3) is 2.08. The van der Waals surface area contributed by atoms with Crippen LogP contribution in [0.3, 0.4) is 0 Å². The van der Waals surface area contributed by atoms with Gasteiger partial charge in [0.15, 0.2) is 5.82 Å². The summed E-state index contributed by atoms with van der Waals surface area (Å²) in [5.41, 5.74) is 1.10. The number of fused-ring (bicyclic) bond motifs is 1. The molecule has 0 saturated heterocycles. The van der Waals surface area contributed by atoms with E-state index in [2.05, 4.69) is 49.9 Å². The predicted octanol–water partition coefficient (Wildman–Crippen LogP) is 3.47. The van der Waals surface area contributed by atoms with Gasteiger partial charge in [0.05, 0.1) is 5.69 Å². The molecule has 3 heteroatoms. The van der Waals surface area contributed by atoms with Gasteiger partial charge in [-0.1, -0.05) is 33.8 Å². The van der Waals surface area contributed by atoms with E-state index in [0.717, 1.165) is 11.5 Å². The summed E-state index contributed by atoms with van der Waals surface area (Å²) in [5.74, 6) is 2.37. The summed E-state index contributed by atoms with van der Waals surface area (Å²) in [6.07, 6.45) is 6.21. The number of nitrogens with zero attached hydrogens (tertiary/aromatic N) is 3. The largest absolute Gasteiger partial charge is 0.241 e. The first kappa shape index (κ1) is 11.1. The molecule has 0 amide bonds. The Bertz CT molecular complexity index is 393. The third-order valence-electron chi connectivity index (χ3n) is 2.92. The lowest BCUT2D eigenvalue weighted by Crippen LogP contribution is -2.05. The van der Waals surface area contributed by atoms with E-state index < -0.39 is 0 Å². The average molecular weight is 217 g/mol. The van der Waals surface area contributed by atoms with E-state index >= 15 is 0 Å². The van der Waals surface area contributed by atoms with Gasteiger partial charge in [-0.05, 0) is 11.8 Å². The summed E-state index contributed by atoms with van der Waals surface area (Å²) in [6, 6.07) is 2.06. The molecule has 0 saturated carbocycles. The Morgan fingerprint density at radius 3 is 2.62 bits per heavy atom. The van der Waals surface area contributed by atoms with Crippen LogP contribution in [0.4, 0.5) is 5.82 Å². The van der Waals surface area contributed by atoms with E-state index in [1.165, 1.54) is 0 Å². The van der Waals surface area contributed by atoms with Crippen molar-refractivity contribution in [3.63, 3.8) is 0 Å². The van der Waals surface area contributed by atoms with Crippen molar-refractivity contribution >= 4 is 18.2 Å². The molecule has 0 N–H and O–H groups in total. The highest BCUT2D eigenvalue weighted by Crippen LogP contribution is 2.24. The first-order chi connectivity index (χ1) is 7.58. The van der Waals surface area contributed by atoms with Crippen LogP contribution in [0.25, 0.3) is 6.20 Å². The van der Waals surface area contributed by atoms with E-state index in [1.807, 2.05) is 17.1 Å². The van der Waals surface area contributed by atoms with Gasteiger partial charge in [0, 0.05) is 24.4 Å². The van der Waals surface area contributed by atoms with Crippen LogP contribution in [0, 0.1) is 11.8 Å². The molecule has 86 valence electrons. The number of allylic oxidation sites excluding steroid dienone is 1. The maximum absolute atomic E-state index is 4.52. The minimum absolute atomic E-state index is 0.407. The van der Waals surface area contributed by atoms with E-state index in [9.17, 15) is 0 Å². The molecular weight excluding hydrogens is 198 g/mol. The zero-order valence-electron chi connectivity index (χ0n) is 10.4. The van der Waals surface area contributed by atoms with Crippen LogP contribution >= 0.6 is 0 Å². The molecule has 2 heterocycles. The predicted molar refractivity (Wildman–Crippen MR) is 68.1 cm³/mol. The molecule has 1 aromatic rings. The minimum Gasteiger partial charge on any atom is -0.241 e. The highest BCUT2D eigenvalue weighted by atomic mass is 15.3. The fourth-order valence-corrected chi connectivity index (χ4v) is 1.68. The highest BCUT2D eigenvalue weighted by Gasteiger charge is 2.13. The number of hydrogen-bond acceptors (Lipinski definition) is 2. The summed E-state index contributed by atoms with van der Waals surface area (Å²) < 4.78 is 1.87. The van der Waals surface area contributed by atoms with Crippen molar-refractivity contribution in [3.8, 4) is 0 Å². The van der Waals surface area contributed by atoms with Gasteiger partial charge in [-0.2, -0.15) is 5.10 Å². The Kier molecular flexibility index (Phi) is 2.95. The zero-order valence-corrected chi connectivity index (χ0v) is 10.4. The molecule has 1 aromatic heterocycles. The maximum Gasteiger partial charge on any atom is 0.154 e. The third-order valence-corrected chi connectivity index (χ3v) is 2.92. The molecule has 3 nitrogen and oxygen atoms in total. The Balaban J connectivity index is 2.31. The summed E-state index contributed by atoms with van der Waals surface area (Å²) in [6.45, 7) is 8.70. The number of aliphatic imine (C=N–C) groups is 1. The quantitative estimate of drug-likeness (QED) is 0.746. The number of rotatable bonds is 2.